The van der Waals surface area contributed by atoms with E-state index in [4.69, 9.17) is 0 Å². The van der Waals surface area contributed by atoms with Gasteiger partial charge in [0, 0.05) is 23.5 Å². The number of anilines is 1. The number of amides is 1. The van der Waals surface area contributed by atoms with Crippen LogP contribution in [0.5, 0.6) is 0 Å². The number of carbonyl (C=O) groups is 1. The van der Waals surface area contributed by atoms with E-state index in [1.54, 1.807) is 11.8 Å². The molecule has 1 atom stereocenters. The molecule has 0 spiro atoms. The SMILES string of the molecule is CSC(C)(C)CNC(=O)C1CNc2ccccc2C1. The van der Waals surface area contributed by atoms with E-state index in [0.717, 1.165) is 18.7 Å². The first-order valence-corrected chi connectivity index (χ1v) is 7.89. The van der Waals surface area contributed by atoms with E-state index in [9.17, 15) is 4.79 Å². The van der Waals surface area contributed by atoms with Gasteiger partial charge in [0.15, 0.2) is 0 Å². The van der Waals surface area contributed by atoms with Gasteiger partial charge in [0.05, 0.1) is 5.92 Å². The van der Waals surface area contributed by atoms with Crippen LogP contribution < -0.4 is 10.6 Å². The van der Waals surface area contributed by atoms with Crippen molar-refractivity contribution in [2.75, 3.05) is 24.7 Å². The van der Waals surface area contributed by atoms with Gasteiger partial charge in [0.1, 0.15) is 0 Å². The molecule has 1 amide bonds. The lowest BCUT2D eigenvalue weighted by Crippen LogP contribution is -2.43. The van der Waals surface area contributed by atoms with Crippen molar-refractivity contribution >= 4 is 23.4 Å². The Hall–Kier alpha value is -1.16. The number of nitrogens with one attached hydrogen (secondary N) is 2. The molecular formula is C15H22N2OS. The molecule has 104 valence electrons. The lowest BCUT2D eigenvalue weighted by atomic mass is 9.93. The number of carbonyl (C=O) groups excluding carboxylic acids is 1. The summed E-state index contributed by atoms with van der Waals surface area (Å²) in [7, 11) is 0. The van der Waals surface area contributed by atoms with Crippen LogP contribution in [0.2, 0.25) is 0 Å². The standard InChI is InChI=1S/C15H22N2OS/c1-15(2,19-3)10-17-14(18)12-8-11-6-4-5-7-13(11)16-9-12/h4-7,12,16H,8-10H2,1-3H3,(H,17,18). The number of para-hydroxylation sites is 1. The molecule has 0 fully saturated rings. The molecular weight excluding hydrogens is 256 g/mol. The highest BCUT2D eigenvalue weighted by atomic mass is 32.2. The zero-order valence-corrected chi connectivity index (χ0v) is 12.6. The van der Waals surface area contributed by atoms with E-state index in [0.29, 0.717) is 6.54 Å². The van der Waals surface area contributed by atoms with Crippen molar-refractivity contribution in [1.82, 2.24) is 5.32 Å². The normalized spacial score (nSPS) is 18.4. The van der Waals surface area contributed by atoms with Crippen LogP contribution in [0.4, 0.5) is 5.69 Å². The van der Waals surface area contributed by atoms with Gasteiger partial charge in [0.2, 0.25) is 5.91 Å². The second-order valence-corrected chi connectivity index (χ2v) is 7.13. The summed E-state index contributed by atoms with van der Waals surface area (Å²) in [5.74, 6) is 0.191. The summed E-state index contributed by atoms with van der Waals surface area (Å²) in [6.45, 7) is 5.73. The van der Waals surface area contributed by atoms with Gasteiger partial charge in [-0.05, 0) is 38.2 Å². The van der Waals surface area contributed by atoms with Crippen LogP contribution in [-0.2, 0) is 11.2 Å². The number of rotatable bonds is 4. The summed E-state index contributed by atoms with van der Waals surface area (Å²) in [4.78, 5) is 12.2. The first-order chi connectivity index (χ1) is 9.02. The molecule has 3 nitrogen and oxygen atoms in total. The van der Waals surface area contributed by atoms with Crippen LogP contribution >= 0.6 is 11.8 Å². The average Bonchev–Trinajstić information content (AvgIpc) is 2.44. The van der Waals surface area contributed by atoms with E-state index in [1.165, 1.54) is 5.56 Å². The second-order valence-electron chi connectivity index (χ2n) is 5.62. The van der Waals surface area contributed by atoms with Crippen molar-refractivity contribution in [1.29, 1.82) is 0 Å². The molecule has 2 N–H and O–H groups in total. The van der Waals surface area contributed by atoms with Gasteiger partial charge >= 0.3 is 0 Å². The van der Waals surface area contributed by atoms with E-state index < -0.39 is 0 Å². The number of hydrogen-bond acceptors (Lipinski definition) is 3. The van der Waals surface area contributed by atoms with Crippen LogP contribution in [0.15, 0.2) is 24.3 Å². The van der Waals surface area contributed by atoms with Crippen LogP contribution in [0.25, 0.3) is 0 Å². The number of hydrogen-bond donors (Lipinski definition) is 2. The third-order valence-corrected chi connectivity index (χ3v) is 4.88. The summed E-state index contributed by atoms with van der Waals surface area (Å²) in [6, 6.07) is 8.21. The summed E-state index contributed by atoms with van der Waals surface area (Å²) < 4.78 is 0.0929. The maximum Gasteiger partial charge on any atom is 0.225 e. The Morgan fingerprint density at radius 3 is 2.95 bits per heavy atom. The second kappa shape index (κ2) is 5.87. The van der Waals surface area contributed by atoms with Gasteiger partial charge in [-0.15, -0.1) is 0 Å². The Kier molecular flexibility index (Phi) is 4.40. The van der Waals surface area contributed by atoms with Gasteiger partial charge in [-0.2, -0.15) is 11.8 Å². The molecule has 0 aliphatic carbocycles. The molecule has 0 aromatic heterocycles. The lowest BCUT2D eigenvalue weighted by Gasteiger charge is -2.27. The fraction of sp³-hybridized carbons (Fsp3) is 0.533. The Morgan fingerprint density at radius 2 is 2.21 bits per heavy atom. The van der Waals surface area contributed by atoms with Crippen molar-refractivity contribution < 1.29 is 4.79 Å². The molecule has 1 aromatic carbocycles. The third-order valence-electron chi connectivity index (χ3n) is 3.63. The zero-order valence-electron chi connectivity index (χ0n) is 11.8. The quantitative estimate of drug-likeness (QED) is 0.889. The summed E-state index contributed by atoms with van der Waals surface area (Å²) in [6.07, 6.45) is 2.90. The fourth-order valence-corrected chi connectivity index (χ4v) is 2.36. The van der Waals surface area contributed by atoms with Crippen molar-refractivity contribution in [2.45, 2.75) is 25.0 Å². The minimum atomic E-state index is 0.0348. The van der Waals surface area contributed by atoms with Crippen LogP contribution in [0, 0.1) is 5.92 Å². The molecule has 19 heavy (non-hydrogen) atoms. The maximum absolute atomic E-state index is 12.2. The van der Waals surface area contributed by atoms with E-state index >= 15 is 0 Å². The molecule has 0 saturated carbocycles. The van der Waals surface area contributed by atoms with Gasteiger partial charge < -0.3 is 10.6 Å². The largest absolute Gasteiger partial charge is 0.384 e. The molecule has 1 aliphatic heterocycles. The van der Waals surface area contributed by atoms with Gasteiger partial charge in [-0.1, -0.05) is 18.2 Å². The summed E-state index contributed by atoms with van der Waals surface area (Å²) in [5, 5.41) is 6.41. The molecule has 2 rings (SSSR count). The predicted molar refractivity (Wildman–Crippen MR) is 82.7 cm³/mol. The van der Waals surface area contributed by atoms with E-state index in [-0.39, 0.29) is 16.6 Å². The smallest absolute Gasteiger partial charge is 0.225 e. The zero-order chi connectivity index (χ0) is 13.9. The topological polar surface area (TPSA) is 41.1 Å². The molecule has 1 aromatic rings. The Morgan fingerprint density at radius 1 is 1.47 bits per heavy atom. The molecule has 1 aliphatic rings. The molecule has 4 heteroatoms. The third kappa shape index (κ3) is 3.66. The van der Waals surface area contributed by atoms with Crippen molar-refractivity contribution in [2.24, 2.45) is 5.92 Å². The minimum absolute atomic E-state index is 0.0348. The molecule has 1 unspecified atom stereocenters. The van der Waals surface area contributed by atoms with Gasteiger partial charge in [-0.3, -0.25) is 4.79 Å². The first kappa shape index (κ1) is 14.3. The predicted octanol–water partition coefficient (Wildman–Crippen LogP) is 2.53. The van der Waals surface area contributed by atoms with Crippen LogP contribution in [0.1, 0.15) is 19.4 Å². The van der Waals surface area contributed by atoms with E-state index in [2.05, 4.69) is 42.9 Å². The molecule has 1 heterocycles. The molecule has 0 saturated heterocycles. The Balaban J connectivity index is 1.92. The highest BCUT2D eigenvalue weighted by molar-refractivity contribution is 7.99. The fourth-order valence-electron chi connectivity index (χ4n) is 2.14. The van der Waals surface area contributed by atoms with Crippen molar-refractivity contribution in [3.05, 3.63) is 29.8 Å². The Bertz CT molecular complexity index is 459. The van der Waals surface area contributed by atoms with Crippen LogP contribution in [0.3, 0.4) is 0 Å². The first-order valence-electron chi connectivity index (χ1n) is 6.66. The van der Waals surface area contributed by atoms with Gasteiger partial charge in [0.25, 0.3) is 0 Å². The average molecular weight is 278 g/mol. The highest BCUT2D eigenvalue weighted by Gasteiger charge is 2.25. The van der Waals surface area contributed by atoms with Crippen molar-refractivity contribution in [3.63, 3.8) is 0 Å². The monoisotopic (exact) mass is 278 g/mol. The van der Waals surface area contributed by atoms with Gasteiger partial charge in [-0.25, -0.2) is 0 Å². The lowest BCUT2D eigenvalue weighted by molar-refractivity contribution is -0.124. The highest BCUT2D eigenvalue weighted by Crippen LogP contribution is 2.25. The number of thioether (sulfide) groups is 1. The molecule has 0 bridgehead atoms. The molecule has 0 radical (unpaired) electrons. The minimum Gasteiger partial charge on any atom is -0.384 e. The number of benzene rings is 1. The Labute approximate surface area is 119 Å². The summed E-state index contributed by atoms with van der Waals surface area (Å²) in [5.41, 5.74) is 2.40. The maximum atomic E-state index is 12.2. The number of fused-ring (bicyclic) bond motifs is 1. The van der Waals surface area contributed by atoms with Crippen LogP contribution in [-0.4, -0.2) is 30.0 Å². The van der Waals surface area contributed by atoms with E-state index in [1.807, 2.05) is 12.1 Å². The van der Waals surface area contributed by atoms with Crippen molar-refractivity contribution in [3.8, 4) is 0 Å². The summed E-state index contributed by atoms with van der Waals surface area (Å²) >= 11 is 1.77.